The third-order valence-electron chi connectivity index (χ3n) is 2.58. The number of halogens is 1. The SMILES string of the molecule is CCN(C(=O)CCCNC)c1ccccc1F. The first-order valence-electron chi connectivity index (χ1n) is 5.90. The monoisotopic (exact) mass is 238 g/mol. The summed E-state index contributed by atoms with van der Waals surface area (Å²) in [5.41, 5.74) is 0.365. The maximum absolute atomic E-state index is 13.6. The van der Waals surface area contributed by atoms with Crippen LogP contribution in [0.1, 0.15) is 19.8 Å². The Morgan fingerprint density at radius 3 is 2.71 bits per heavy atom. The first-order chi connectivity index (χ1) is 8.20. The second kappa shape index (κ2) is 7.01. The Hall–Kier alpha value is -1.42. The predicted molar refractivity (Wildman–Crippen MR) is 67.6 cm³/mol. The molecule has 1 amide bonds. The number of rotatable bonds is 6. The minimum absolute atomic E-state index is 0.0344. The molecular formula is C13H19FN2O. The predicted octanol–water partition coefficient (Wildman–Crippen LogP) is 2.18. The van der Waals surface area contributed by atoms with Crippen molar-refractivity contribution < 1.29 is 9.18 Å². The van der Waals surface area contributed by atoms with Crippen LogP contribution in [-0.2, 0) is 4.79 Å². The van der Waals surface area contributed by atoms with Gasteiger partial charge in [-0.2, -0.15) is 0 Å². The van der Waals surface area contributed by atoms with Crippen molar-refractivity contribution in [1.82, 2.24) is 5.32 Å². The highest BCUT2D eigenvalue weighted by Crippen LogP contribution is 2.19. The van der Waals surface area contributed by atoms with Gasteiger partial charge in [-0.1, -0.05) is 12.1 Å². The normalized spacial score (nSPS) is 10.3. The van der Waals surface area contributed by atoms with Crippen molar-refractivity contribution in [3.05, 3.63) is 30.1 Å². The smallest absolute Gasteiger partial charge is 0.227 e. The van der Waals surface area contributed by atoms with Crippen molar-refractivity contribution in [1.29, 1.82) is 0 Å². The van der Waals surface area contributed by atoms with Crippen LogP contribution in [-0.4, -0.2) is 26.0 Å². The average molecular weight is 238 g/mol. The van der Waals surface area contributed by atoms with Gasteiger partial charge >= 0.3 is 0 Å². The molecule has 0 spiro atoms. The fourth-order valence-corrected chi connectivity index (χ4v) is 1.70. The standard InChI is InChI=1S/C13H19FN2O/c1-3-16(13(17)9-6-10-15-2)12-8-5-4-7-11(12)14/h4-5,7-8,15H,3,6,9-10H2,1-2H3. The lowest BCUT2D eigenvalue weighted by Crippen LogP contribution is -2.31. The van der Waals surface area contributed by atoms with Gasteiger partial charge in [0.05, 0.1) is 5.69 Å². The molecule has 3 nitrogen and oxygen atoms in total. The van der Waals surface area contributed by atoms with Crippen LogP contribution >= 0.6 is 0 Å². The minimum Gasteiger partial charge on any atom is -0.320 e. The van der Waals surface area contributed by atoms with Gasteiger partial charge in [0.15, 0.2) is 0 Å². The summed E-state index contributed by atoms with van der Waals surface area (Å²) in [5.74, 6) is -0.385. The van der Waals surface area contributed by atoms with Gasteiger partial charge in [-0.15, -0.1) is 0 Å². The molecular weight excluding hydrogens is 219 g/mol. The molecule has 0 atom stereocenters. The average Bonchev–Trinajstić information content (AvgIpc) is 2.33. The lowest BCUT2D eigenvalue weighted by molar-refractivity contribution is -0.118. The third-order valence-corrected chi connectivity index (χ3v) is 2.58. The highest BCUT2D eigenvalue weighted by atomic mass is 19.1. The zero-order valence-corrected chi connectivity index (χ0v) is 10.4. The maximum atomic E-state index is 13.6. The highest BCUT2D eigenvalue weighted by molar-refractivity contribution is 5.93. The Kier molecular flexibility index (Phi) is 5.63. The maximum Gasteiger partial charge on any atom is 0.227 e. The molecule has 0 bridgehead atoms. The fourth-order valence-electron chi connectivity index (χ4n) is 1.70. The van der Waals surface area contributed by atoms with E-state index in [4.69, 9.17) is 0 Å². The van der Waals surface area contributed by atoms with E-state index in [0.717, 1.165) is 13.0 Å². The number of anilines is 1. The number of para-hydroxylation sites is 1. The van der Waals surface area contributed by atoms with Crippen LogP contribution in [0, 0.1) is 5.82 Å². The van der Waals surface area contributed by atoms with Crippen LogP contribution in [0.15, 0.2) is 24.3 Å². The number of hydrogen-bond donors (Lipinski definition) is 1. The van der Waals surface area contributed by atoms with Gasteiger partial charge in [-0.25, -0.2) is 4.39 Å². The molecule has 0 unspecified atom stereocenters. The van der Waals surface area contributed by atoms with Crippen molar-refractivity contribution in [3.8, 4) is 0 Å². The van der Waals surface area contributed by atoms with E-state index in [1.54, 1.807) is 18.2 Å². The first-order valence-corrected chi connectivity index (χ1v) is 5.90. The summed E-state index contributed by atoms with van der Waals surface area (Å²) in [6.45, 7) is 3.13. The van der Waals surface area contributed by atoms with Gasteiger partial charge in [0.25, 0.3) is 0 Å². The summed E-state index contributed by atoms with van der Waals surface area (Å²) in [5, 5.41) is 2.99. The van der Waals surface area contributed by atoms with Crippen molar-refractivity contribution in [2.75, 3.05) is 25.0 Å². The van der Waals surface area contributed by atoms with Gasteiger partial charge in [0, 0.05) is 13.0 Å². The molecule has 0 aliphatic carbocycles. The lowest BCUT2D eigenvalue weighted by atomic mass is 10.2. The molecule has 4 heteroatoms. The number of carbonyl (C=O) groups is 1. The molecule has 1 rings (SSSR count). The van der Waals surface area contributed by atoms with Crippen LogP contribution < -0.4 is 10.2 Å². The van der Waals surface area contributed by atoms with Crippen LogP contribution in [0.3, 0.4) is 0 Å². The van der Waals surface area contributed by atoms with E-state index < -0.39 is 0 Å². The number of amides is 1. The van der Waals surface area contributed by atoms with Crippen LogP contribution in [0.2, 0.25) is 0 Å². The molecule has 1 aromatic rings. The Balaban J connectivity index is 2.71. The summed E-state index contributed by atoms with van der Waals surface area (Å²) in [4.78, 5) is 13.4. The summed E-state index contributed by atoms with van der Waals surface area (Å²) in [6.07, 6.45) is 1.20. The van der Waals surface area contributed by atoms with E-state index in [9.17, 15) is 9.18 Å². The number of benzene rings is 1. The molecule has 0 aromatic heterocycles. The van der Waals surface area contributed by atoms with E-state index >= 15 is 0 Å². The highest BCUT2D eigenvalue weighted by Gasteiger charge is 2.16. The van der Waals surface area contributed by atoms with E-state index in [-0.39, 0.29) is 11.7 Å². The van der Waals surface area contributed by atoms with E-state index in [1.807, 2.05) is 14.0 Å². The van der Waals surface area contributed by atoms with Crippen molar-refractivity contribution in [3.63, 3.8) is 0 Å². The molecule has 0 aliphatic rings. The van der Waals surface area contributed by atoms with Gasteiger partial charge in [-0.3, -0.25) is 4.79 Å². The zero-order chi connectivity index (χ0) is 12.7. The van der Waals surface area contributed by atoms with Crippen molar-refractivity contribution >= 4 is 11.6 Å². The van der Waals surface area contributed by atoms with E-state index in [1.165, 1.54) is 11.0 Å². The van der Waals surface area contributed by atoms with Gasteiger partial charge < -0.3 is 10.2 Å². The van der Waals surface area contributed by atoms with Crippen molar-refractivity contribution in [2.24, 2.45) is 0 Å². The van der Waals surface area contributed by atoms with Crippen LogP contribution in [0.25, 0.3) is 0 Å². The zero-order valence-electron chi connectivity index (χ0n) is 10.4. The number of carbonyl (C=O) groups excluding carboxylic acids is 1. The summed E-state index contributed by atoms with van der Waals surface area (Å²) >= 11 is 0. The Bertz CT molecular complexity index is 368. The largest absolute Gasteiger partial charge is 0.320 e. The summed E-state index contributed by atoms with van der Waals surface area (Å²) < 4.78 is 13.6. The Morgan fingerprint density at radius 2 is 2.12 bits per heavy atom. The van der Waals surface area contributed by atoms with Gasteiger partial charge in [-0.05, 0) is 39.1 Å². The van der Waals surface area contributed by atoms with E-state index in [2.05, 4.69) is 5.32 Å². The van der Waals surface area contributed by atoms with Crippen LogP contribution in [0.5, 0.6) is 0 Å². The number of nitrogens with zero attached hydrogens (tertiary/aromatic N) is 1. The molecule has 17 heavy (non-hydrogen) atoms. The topological polar surface area (TPSA) is 32.3 Å². The Morgan fingerprint density at radius 1 is 1.41 bits per heavy atom. The molecule has 0 radical (unpaired) electrons. The van der Waals surface area contributed by atoms with E-state index in [0.29, 0.717) is 18.7 Å². The molecule has 0 heterocycles. The van der Waals surface area contributed by atoms with Gasteiger partial charge in [0.2, 0.25) is 5.91 Å². The third kappa shape index (κ3) is 3.82. The summed E-state index contributed by atoms with van der Waals surface area (Å²) in [6, 6.07) is 6.37. The van der Waals surface area contributed by atoms with Crippen molar-refractivity contribution in [2.45, 2.75) is 19.8 Å². The second-order valence-electron chi connectivity index (χ2n) is 3.80. The Labute approximate surface area is 102 Å². The quantitative estimate of drug-likeness (QED) is 0.770. The van der Waals surface area contributed by atoms with Gasteiger partial charge in [0.1, 0.15) is 5.82 Å². The molecule has 94 valence electrons. The first kappa shape index (κ1) is 13.6. The molecule has 0 fully saturated rings. The number of nitrogens with one attached hydrogen (secondary N) is 1. The van der Waals surface area contributed by atoms with Crippen LogP contribution in [0.4, 0.5) is 10.1 Å². The fraction of sp³-hybridized carbons (Fsp3) is 0.462. The molecule has 0 saturated carbocycles. The number of hydrogen-bond acceptors (Lipinski definition) is 2. The molecule has 1 N–H and O–H groups in total. The minimum atomic E-state index is -0.351. The molecule has 0 saturated heterocycles. The molecule has 0 aliphatic heterocycles. The second-order valence-corrected chi connectivity index (χ2v) is 3.80. The molecule has 1 aromatic carbocycles. The summed E-state index contributed by atoms with van der Waals surface area (Å²) in [7, 11) is 1.85. The lowest BCUT2D eigenvalue weighted by Gasteiger charge is -2.21.